The topological polar surface area (TPSA) is 55.1 Å². The van der Waals surface area contributed by atoms with Gasteiger partial charge in [0.05, 0.1) is 5.69 Å². The van der Waals surface area contributed by atoms with Crippen LogP contribution in [0.15, 0.2) is 53.3 Å². The van der Waals surface area contributed by atoms with Crippen LogP contribution in [0.1, 0.15) is 10.6 Å². The molecule has 0 atom stereocenters. The number of oxazole rings is 1. The molecule has 0 fully saturated rings. The SMILES string of the molecule is O=C(Nc1ccc(F)c(F)c1F)c1ocnc1-c1ccccc1. The summed E-state index contributed by atoms with van der Waals surface area (Å²) in [5, 5.41) is 2.14. The van der Waals surface area contributed by atoms with Gasteiger partial charge in [-0.15, -0.1) is 0 Å². The van der Waals surface area contributed by atoms with E-state index < -0.39 is 29.0 Å². The fourth-order valence-electron chi connectivity index (χ4n) is 2.01. The van der Waals surface area contributed by atoms with E-state index in [0.29, 0.717) is 11.6 Å². The summed E-state index contributed by atoms with van der Waals surface area (Å²) in [6.45, 7) is 0. The molecule has 1 heterocycles. The molecule has 0 aliphatic heterocycles. The average molecular weight is 318 g/mol. The maximum Gasteiger partial charge on any atom is 0.293 e. The molecule has 1 amide bonds. The zero-order valence-corrected chi connectivity index (χ0v) is 11.5. The van der Waals surface area contributed by atoms with Crippen LogP contribution in [0.5, 0.6) is 0 Å². The van der Waals surface area contributed by atoms with Crippen molar-refractivity contribution in [2.24, 2.45) is 0 Å². The molecule has 1 N–H and O–H groups in total. The lowest BCUT2D eigenvalue weighted by Gasteiger charge is -2.06. The molecule has 0 bridgehead atoms. The lowest BCUT2D eigenvalue weighted by molar-refractivity contribution is 0.0997. The maximum absolute atomic E-state index is 13.6. The van der Waals surface area contributed by atoms with E-state index in [1.54, 1.807) is 30.3 Å². The van der Waals surface area contributed by atoms with Gasteiger partial charge in [0, 0.05) is 5.56 Å². The van der Waals surface area contributed by atoms with Crippen molar-refractivity contribution < 1.29 is 22.4 Å². The van der Waals surface area contributed by atoms with Gasteiger partial charge >= 0.3 is 0 Å². The second-order valence-electron chi connectivity index (χ2n) is 4.57. The molecule has 0 saturated carbocycles. The van der Waals surface area contributed by atoms with Crippen LogP contribution in [-0.2, 0) is 0 Å². The van der Waals surface area contributed by atoms with Crippen LogP contribution >= 0.6 is 0 Å². The molecule has 1 aromatic heterocycles. The van der Waals surface area contributed by atoms with Crippen LogP contribution in [0.3, 0.4) is 0 Å². The first-order valence-corrected chi connectivity index (χ1v) is 6.51. The highest BCUT2D eigenvalue weighted by molar-refractivity contribution is 6.05. The number of halogens is 3. The number of rotatable bonds is 3. The molecule has 0 saturated heterocycles. The first kappa shape index (κ1) is 14.8. The number of benzene rings is 2. The molecule has 0 aliphatic carbocycles. The molecule has 7 heteroatoms. The summed E-state index contributed by atoms with van der Waals surface area (Å²) in [6, 6.07) is 10.4. The Kier molecular flexibility index (Phi) is 3.84. The van der Waals surface area contributed by atoms with E-state index in [0.717, 1.165) is 12.5 Å². The Hall–Kier alpha value is -3.09. The van der Waals surface area contributed by atoms with Crippen molar-refractivity contribution in [1.29, 1.82) is 0 Å². The quantitative estimate of drug-likeness (QED) is 0.742. The minimum absolute atomic E-state index is 0.166. The van der Waals surface area contributed by atoms with Gasteiger partial charge < -0.3 is 9.73 Å². The van der Waals surface area contributed by atoms with Crippen LogP contribution in [0.4, 0.5) is 18.9 Å². The van der Waals surface area contributed by atoms with E-state index in [2.05, 4.69) is 10.3 Å². The van der Waals surface area contributed by atoms with E-state index >= 15 is 0 Å². The first-order valence-electron chi connectivity index (χ1n) is 6.51. The van der Waals surface area contributed by atoms with Crippen LogP contribution in [0, 0.1) is 17.5 Å². The molecule has 0 spiro atoms. The Labute approximate surface area is 128 Å². The lowest BCUT2D eigenvalue weighted by Crippen LogP contribution is -2.14. The second-order valence-corrected chi connectivity index (χ2v) is 4.57. The van der Waals surface area contributed by atoms with E-state index in [1.165, 1.54) is 0 Å². The van der Waals surface area contributed by atoms with Gasteiger partial charge in [-0.2, -0.15) is 0 Å². The Morgan fingerprint density at radius 2 is 1.74 bits per heavy atom. The molecule has 0 unspecified atom stereocenters. The average Bonchev–Trinajstić information content (AvgIpc) is 3.06. The van der Waals surface area contributed by atoms with Crippen molar-refractivity contribution in [2.75, 3.05) is 5.32 Å². The smallest absolute Gasteiger partial charge is 0.293 e. The molecule has 116 valence electrons. The van der Waals surface area contributed by atoms with Crippen LogP contribution in [0.2, 0.25) is 0 Å². The van der Waals surface area contributed by atoms with Gasteiger partial charge in [0.2, 0.25) is 5.76 Å². The van der Waals surface area contributed by atoms with Gasteiger partial charge in [0.15, 0.2) is 23.8 Å². The molecule has 4 nitrogen and oxygen atoms in total. The highest BCUT2D eigenvalue weighted by atomic mass is 19.2. The van der Waals surface area contributed by atoms with Gasteiger partial charge in [0.1, 0.15) is 5.69 Å². The molecular weight excluding hydrogens is 309 g/mol. The molecule has 0 aliphatic rings. The standard InChI is InChI=1S/C16H9F3N2O2/c17-10-6-7-11(13(19)12(10)18)21-16(22)15-14(20-8-23-15)9-4-2-1-3-5-9/h1-8H,(H,21,22). The number of nitrogens with one attached hydrogen (secondary N) is 1. The maximum atomic E-state index is 13.6. The highest BCUT2D eigenvalue weighted by Crippen LogP contribution is 2.24. The zero-order valence-electron chi connectivity index (χ0n) is 11.5. The van der Waals surface area contributed by atoms with Crippen LogP contribution in [-0.4, -0.2) is 10.9 Å². The minimum Gasteiger partial charge on any atom is -0.438 e. The molecule has 0 radical (unpaired) electrons. The Balaban J connectivity index is 1.91. The van der Waals surface area contributed by atoms with Crippen molar-refractivity contribution in [3.8, 4) is 11.3 Å². The summed E-state index contributed by atoms with van der Waals surface area (Å²) in [6.07, 6.45) is 1.07. The highest BCUT2D eigenvalue weighted by Gasteiger charge is 2.21. The van der Waals surface area contributed by atoms with Gasteiger partial charge in [-0.3, -0.25) is 4.79 Å². The number of nitrogens with zero attached hydrogens (tertiary/aromatic N) is 1. The summed E-state index contributed by atoms with van der Waals surface area (Å²) in [5.41, 5.74) is 0.382. The summed E-state index contributed by atoms with van der Waals surface area (Å²) < 4.78 is 44.7. The van der Waals surface area contributed by atoms with Gasteiger partial charge in [-0.05, 0) is 12.1 Å². The Morgan fingerprint density at radius 3 is 2.48 bits per heavy atom. The van der Waals surface area contributed by atoms with Crippen LogP contribution < -0.4 is 5.32 Å². The predicted octanol–water partition coefficient (Wildman–Crippen LogP) is 4.01. The zero-order chi connectivity index (χ0) is 16.4. The van der Waals surface area contributed by atoms with Crippen molar-refractivity contribution >= 4 is 11.6 Å². The number of hydrogen-bond acceptors (Lipinski definition) is 3. The third kappa shape index (κ3) is 2.80. The number of anilines is 1. The normalized spacial score (nSPS) is 10.6. The molecule has 3 aromatic rings. The van der Waals surface area contributed by atoms with E-state index in [4.69, 9.17) is 4.42 Å². The molecular formula is C16H9F3N2O2. The van der Waals surface area contributed by atoms with Crippen molar-refractivity contribution in [1.82, 2.24) is 4.98 Å². The summed E-state index contributed by atoms with van der Waals surface area (Å²) in [4.78, 5) is 16.1. The third-order valence-electron chi connectivity index (χ3n) is 3.10. The van der Waals surface area contributed by atoms with Gasteiger partial charge in [-0.1, -0.05) is 30.3 Å². The van der Waals surface area contributed by atoms with Crippen molar-refractivity contribution in [3.63, 3.8) is 0 Å². The minimum atomic E-state index is -1.66. The Bertz CT molecular complexity index is 863. The van der Waals surface area contributed by atoms with Crippen molar-refractivity contribution in [2.45, 2.75) is 0 Å². The van der Waals surface area contributed by atoms with Gasteiger partial charge in [0.25, 0.3) is 5.91 Å². The second kappa shape index (κ2) is 5.96. The number of hydrogen-bond donors (Lipinski definition) is 1. The van der Waals surface area contributed by atoms with Crippen molar-refractivity contribution in [3.05, 3.63) is 72.1 Å². The fourth-order valence-corrected chi connectivity index (χ4v) is 2.01. The largest absolute Gasteiger partial charge is 0.438 e. The first-order chi connectivity index (χ1) is 11.1. The number of carbonyl (C=O) groups is 1. The number of amides is 1. The molecule has 2 aromatic carbocycles. The summed E-state index contributed by atoms with van der Waals surface area (Å²) >= 11 is 0. The monoisotopic (exact) mass is 318 g/mol. The van der Waals surface area contributed by atoms with Gasteiger partial charge in [-0.25, -0.2) is 18.2 Å². The summed E-state index contributed by atoms with van der Waals surface area (Å²) in [7, 11) is 0. The van der Waals surface area contributed by atoms with E-state index in [9.17, 15) is 18.0 Å². The lowest BCUT2D eigenvalue weighted by atomic mass is 10.1. The molecule has 3 rings (SSSR count). The van der Waals surface area contributed by atoms with E-state index in [1.807, 2.05) is 0 Å². The summed E-state index contributed by atoms with van der Waals surface area (Å²) in [5.74, 6) is -5.49. The predicted molar refractivity (Wildman–Crippen MR) is 76.2 cm³/mol. The third-order valence-corrected chi connectivity index (χ3v) is 3.10. The fraction of sp³-hybridized carbons (Fsp3) is 0. The molecule has 23 heavy (non-hydrogen) atoms. The Morgan fingerprint density at radius 1 is 1.00 bits per heavy atom. The van der Waals surface area contributed by atoms with Crippen LogP contribution in [0.25, 0.3) is 11.3 Å². The van der Waals surface area contributed by atoms with E-state index in [-0.39, 0.29) is 11.5 Å². The number of aromatic nitrogens is 1. The number of carbonyl (C=O) groups excluding carboxylic acids is 1.